The SMILES string of the molecule is CC1(C)OC(=O)N(C2CCC(Nc3ccc(Cl)cc3N)CC2)[C@H]1c1ccccc1. The van der Waals surface area contributed by atoms with Crippen molar-refractivity contribution in [3.05, 3.63) is 59.1 Å². The van der Waals surface area contributed by atoms with Crippen LogP contribution >= 0.6 is 11.6 Å². The molecule has 3 N–H and O–H groups in total. The number of amides is 1. The Morgan fingerprint density at radius 1 is 1.10 bits per heavy atom. The van der Waals surface area contributed by atoms with Crippen LogP contribution in [0.2, 0.25) is 5.02 Å². The van der Waals surface area contributed by atoms with Gasteiger partial charge in [-0.05, 0) is 63.3 Å². The molecule has 1 amide bonds. The van der Waals surface area contributed by atoms with Gasteiger partial charge in [0.25, 0.3) is 0 Å². The first-order valence-corrected chi connectivity index (χ1v) is 10.6. The quantitative estimate of drug-likeness (QED) is 0.638. The summed E-state index contributed by atoms with van der Waals surface area (Å²) in [7, 11) is 0. The van der Waals surface area contributed by atoms with Crippen LogP contribution in [0.3, 0.4) is 0 Å². The summed E-state index contributed by atoms with van der Waals surface area (Å²) in [5, 5.41) is 4.18. The normalized spacial score (nSPS) is 26.2. The molecule has 2 aromatic carbocycles. The lowest BCUT2D eigenvalue weighted by Crippen LogP contribution is -2.44. The zero-order valence-electron chi connectivity index (χ0n) is 16.9. The van der Waals surface area contributed by atoms with Gasteiger partial charge in [0.05, 0.1) is 17.4 Å². The van der Waals surface area contributed by atoms with E-state index >= 15 is 0 Å². The first kappa shape index (κ1) is 19.9. The van der Waals surface area contributed by atoms with Crippen LogP contribution in [0.15, 0.2) is 48.5 Å². The van der Waals surface area contributed by atoms with E-state index < -0.39 is 5.60 Å². The molecule has 1 aliphatic heterocycles. The Morgan fingerprint density at radius 2 is 1.79 bits per heavy atom. The number of cyclic esters (lactones) is 1. The molecule has 2 aromatic rings. The van der Waals surface area contributed by atoms with E-state index in [4.69, 9.17) is 22.1 Å². The van der Waals surface area contributed by atoms with Crippen molar-refractivity contribution < 1.29 is 9.53 Å². The number of nitrogen functional groups attached to an aromatic ring is 1. The van der Waals surface area contributed by atoms with E-state index in [0.29, 0.717) is 16.8 Å². The maximum Gasteiger partial charge on any atom is 0.411 e. The number of carbonyl (C=O) groups excluding carboxylic acids is 1. The number of nitrogens with zero attached hydrogens (tertiary/aromatic N) is 1. The molecule has 29 heavy (non-hydrogen) atoms. The average molecular weight is 414 g/mol. The van der Waals surface area contributed by atoms with Crippen LogP contribution in [0.25, 0.3) is 0 Å². The summed E-state index contributed by atoms with van der Waals surface area (Å²) >= 11 is 6.00. The predicted octanol–water partition coefficient (Wildman–Crippen LogP) is 5.62. The molecule has 1 aliphatic carbocycles. The van der Waals surface area contributed by atoms with Crippen LogP contribution in [-0.4, -0.2) is 28.7 Å². The summed E-state index contributed by atoms with van der Waals surface area (Å²) in [6.07, 6.45) is 3.60. The van der Waals surface area contributed by atoms with E-state index in [-0.39, 0.29) is 18.2 Å². The Hall–Kier alpha value is -2.40. The van der Waals surface area contributed by atoms with Gasteiger partial charge < -0.3 is 15.8 Å². The molecule has 0 bridgehead atoms. The molecule has 4 rings (SSSR count). The standard InChI is InChI=1S/C23H28ClN3O2/c1-23(2)21(15-6-4-3-5-7-15)27(22(28)29-23)18-11-9-17(10-12-18)26-20-13-8-16(24)14-19(20)25/h3-8,13-14,17-18,21,26H,9-12,25H2,1-2H3/t17?,18?,21-/m0/s1. The van der Waals surface area contributed by atoms with Crippen LogP contribution in [0.4, 0.5) is 16.2 Å². The fourth-order valence-corrected chi connectivity index (χ4v) is 4.89. The second-order valence-electron chi connectivity index (χ2n) is 8.57. The molecule has 0 spiro atoms. The first-order valence-electron chi connectivity index (χ1n) is 10.2. The third kappa shape index (κ3) is 4.01. The van der Waals surface area contributed by atoms with Crippen molar-refractivity contribution in [2.75, 3.05) is 11.1 Å². The van der Waals surface area contributed by atoms with Crippen molar-refractivity contribution >= 4 is 29.1 Å². The molecular formula is C23H28ClN3O2. The molecule has 1 saturated carbocycles. The summed E-state index contributed by atoms with van der Waals surface area (Å²) in [5.41, 5.74) is 8.23. The van der Waals surface area contributed by atoms with Gasteiger partial charge in [-0.25, -0.2) is 4.79 Å². The molecule has 2 aliphatic rings. The molecule has 1 atom stereocenters. The highest BCUT2D eigenvalue weighted by molar-refractivity contribution is 6.31. The minimum atomic E-state index is -0.550. The lowest BCUT2D eigenvalue weighted by Gasteiger charge is -2.38. The van der Waals surface area contributed by atoms with Gasteiger partial charge >= 0.3 is 6.09 Å². The average Bonchev–Trinajstić information content (AvgIpc) is 2.93. The number of benzene rings is 2. The summed E-state index contributed by atoms with van der Waals surface area (Å²) < 4.78 is 5.77. The molecule has 0 aromatic heterocycles. The summed E-state index contributed by atoms with van der Waals surface area (Å²) in [6.45, 7) is 4.00. The molecule has 0 unspecified atom stereocenters. The maximum absolute atomic E-state index is 12.8. The van der Waals surface area contributed by atoms with E-state index in [2.05, 4.69) is 17.4 Å². The molecule has 6 heteroatoms. The Kier molecular flexibility index (Phi) is 5.34. The highest BCUT2D eigenvalue weighted by atomic mass is 35.5. The van der Waals surface area contributed by atoms with Crippen molar-refractivity contribution in [2.24, 2.45) is 0 Å². The van der Waals surface area contributed by atoms with Gasteiger partial charge in [0.1, 0.15) is 5.60 Å². The number of carbonyl (C=O) groups is 1. The fraction of sp³-hybridized carbons (Fsp3) is 0.435. The largest absolute Gasteiger partial charge is 0.441 e. The van der Waals surface area contributed by atoms with Crippen LogP contribution in [0.5, 0.6) is 0 Å². The molecule has 2 fully saturated rings. The monoisotopic (exact) mass is 413 g/mol. The molecule has 0 radical (unpaired) electrons. The van der Waals surface area contributed by atoms with Gasteiger partial charge in [0, 0.05) is 17.1 Å². The highest BCUT2D eigenvalue weighted by Gasteiger charge is 2.51. The van der Waals surface area contributed by atoms with Crippen LogP contribution in [0, 0.1) is 0 Å². The molecule has 5 nitrogen and oxygen atoms in total. The summed E-state index contributed by atoms with van der Waals surface area (Å²) in [4.78, 5) is 14.8. The van der Waals surface area contributed by atoms with Crippen molar-refractivity contribution in [2.45, 2.75) is 63.3 Å². The van der Waals surface area contributed by atoms with E-state index in [0.717, 1.165) is 36.9 Å². The topological polar surface area (TPSA) is 67.6 Å². The van der Waals surface area contributed by atoms with Crippen molar-refractivity contribution in [3.8, 4) is 0 Å². The zero-order chi connectivity index (χ0) is 20.6. The third-order valence-electron chi connectivity index (χ3n) is 6.08. The number of anilines is 2. The van der Waals surface area contributed by atoms with Gasteiger partial charge in [-0.1, -0.05) is 41.9 Å². The van der Waals surface area contributed by atoms with Crippen LogP contribution < -0.4 is 11.1 Å². The van der Waals surface area contributed by atoms with Crippen molar-refractivity contribution in [3.63, 3.8) is 0 Å². The van der Waals surface area contributed by atoms with Gasteiger partial charge in [-0.15, -0.1) is 0 Å². The first-order chi connectivity index (χ1) is 13.8. The third-order valence-corrected chi connectivity index (χ3v) is 6.31. The second-order valence-corrected chi connectivity index (χ2v) is 9.01. The smallest absolute Gasteiger partial charge is 0.411 e. The number of hydrogen-bond acceptors (Lipinski definition) is 4. The predicted molar refractivity (Wildman–Crippen MR) is 117 cm³/mol. The number of hydrogen-bond donors (Lipinski definition) is 2. The minimum absolute atomic E-state index is 0.0716. The Balaban J connectivity index is 1.46. The van der Waals surface area contributed by atoms with Gasteiger partial charge in [-0.3, -0.25) is 4.90 Å². The van der Waals surface area contributed by atoms with Gasteiger partial charge in [0.15, 0.2) is 0 Å². The molecule has 1 heterocycles. The Labute approximate surface area is 177 Å². The molecule has 1 saturated heterocycles. The maximum atomic E-state index is 12.8. The number of rotatable bonds is 4. The minimum Gasteiger partial charge on any atom is -0.441 e. The molecular weight excluding hydrogens is 386 g/mol. The zero-order valence-corrected chi connectivity index (χ0v) is 17.7. The van der Waals surface area contributed by atoms with E-state index in [1.54, 1.807) is 6.07 Å². The van der Waals surface area contributed by atoms with Gasteiger partial charge in [-0.2, -0.15) is 0 Å². The Bertz CT molecular complexity index is 879. The number of halogens is 1. The highest BCUT2D eigenvalue weighted by Crippen LogP contribution is 2.44. The number of nitrogens with two attached hydrogens (primary N) is 1. The fourth-order valence-electron chi connectivity index (χ4n) is 4.71. The lowest BCUT2D eigenvalue weighted by atomic mass is 9.86. The van der Waals surface area contributed by atoms with E-state index in [1.807, 2.05) is 49.1 Å². The second kappa shape index (κ2) is 7.79. The summed E-state index contributed by atoms with van der Waals surface area (Å²) in [6, 6.07) is 16.2. The van der Waals surface area contributed by atoms with E-state index in [9.17, 15) is 4.79 Å². The van der Waals surface area contributed by atoms with Crippen molar-refractivity contribution in [1.29, 1.82) is 0 Å². The number of ether oxygens (including phenoxy) is 1. The Morgan fingerprint density at radius 3 is 2.45 bits per heavy atom. The van der Waals surface area contributed by atoms with Crippen LogP contribution in [-0.2, 0) is 4.74 Å². The van der Waals surface area contributed by atoms with E-state index in [1.165, 1.54) is 0 Å². The number of nitrogens with one attached hydrogen (secondary N) is 1. The lowest BCUT2D eigenvalue weighted by molar-refractivity contribution is 0.0664. The molecule has 154 valence electrons. The summed E-state index contributed by atoms with van der Waals surface area (Å²) in [5.74, 6) is 0. The van der Waals surface area contributed by atoms with Crippen LogP contribution in [0.1, 0.15) is 51.1 Å². The van der Waals surface area contributed by atoms with Crippen molar-refractivity contribution in [1.82, 2.24) is 4.90 Å². The van der Waals surface area contributed by atoms with Gasteiger partial charge in [0.2, 0.25) is 0 Å².